The van der Waals surface area contributed by atoms with Crippen LogP contribution in [0, 0.1) is 0 Å². The van der Waals surface area contributed by atoms with Gasteiger partial charge in [0.25, 0.3) is 0 Å². The first-order chi connectivity index (χ1) is 8.75. The Labute approximate surface area is 105 Å². The second-order valence-electron chi connectivity index (χ2n) is 4.34. The first-order valence-corrected chi connectivity index (χ1v) is 5.90. The SMILES string of the molecule is C[C@@H](N)c1ccnc(-n2cnc3ccccc32)c1. The maximum atomic E-state index is 5.90. The molecule has 0 spiro atoms. The first kappa shape index (κ1) is 10.9. The zero-order chi connectivity index (χ0) is 12.5. The molecular weight excluding hydrogens is 224 g/mol. The Morgan fingerprint density at radius 2 is 2.00 bits per heavy atom. The number of nitrogens with zero attached hydrogens (tertiary/aromatic N) is 3. The number of fused-ring (bicyclic) bond motifs is 1. The molecule has 0 saturated heterocycles. The molecule has 3 aromatic rings. The van der Waals surface area contributed by atoms with Crippen LogP contribution >= 0.6 is 0 Å². The van der Waals surface area contributed by atoms with Crippen LogP contribution in [-0.2, 0) is 0 Å². The Bertz CT molecular complexity index is 685. The Morgan fingerprint density at radius 3 is 2.83 bits per heavy atom. The molecule has 0 aliphatic carbocycles. The number of imidazole rings is 1. The molecule has 2 heterocycles. The van der Waals surface area contributed by atoms with Crippen molar-refractivity contribution < 1.29 is 0 Å². The highest BCUT2D eigenvalue weighted by atomic mass is 15.1. The van der Waals surface area contributed by atoms with Crippen molar-refractivity contribution in [3.8, 4) is 5.82 Å². The van der Waals surface area contributed by atoms with E-state index in [1.807, 2.05) is 47.9 Å². The summed E-state index contributed by atoms with van der Waals surface area (Å²) in [4.78, 5) is 8.74. The molecule has 90 valence electrons. The lowest BCUT2D eigenvalue weighted by molar-refractivity contribution is 0.811. The van der Waals surface area contributed by atoms with Crippen LogP contribution in [0.3, 0.4) is 0 Å². The lowest BCUT2D eigenvalue weighted by Crippen LogP contribution is -2.06. The predicted octanol–water partition coefficient (Wildman–Crippen LogP) is 2.44. The Hall–Kier alpha value is -2.20. The van der Waals surface area contributed by atoms with Crippen LogP contribution < -0.4 is 5.73 Å². The number of pyridine rings is 1. The topological polar surface area (TPSA) is 56.7 Å². The van der Waals surface area contributed by atoms with Crippen LogP contribution in [0.2, 0.25) is 0 Å². The van der Waals surface area contributed by atoms with E-state index >= 15 is 0 Å². The van der Waals surface area contributed by atoms with Crippen LogP contribution in [0.1, 0.15) is 18.5 Å². The van der Waals surface area contributed by atoms with E-state index in [1.165, 1.54) is 0 Å². The highest BCUT2D eigenvalue weighted by molar-refractivity contribution is 5.76. The van der Waals surface area contributed by atoms with Crippen molar-refractivity contribution in [1.82, 2.24) is 14.5 Å². The summed E-state index contributed by atoms with van der Waals surface area (Å²) in [6, 6.07) is 11.9. The largest absolute Gasteiger partial charge is 0.324 e. The van der Waals surface area contributed by atoms with E-state index in [2.05, 4.69) is 9.97 Å². The van der Waals surface area contributed by atoms with Crippen molar-refractivity contribution in [3.63, 3.8) is 0 Å². The van der Waals surface area contributed by atoms with E-state index in [1.54, 1.807) is 12.5 Å². The molecule has 1 atom stereocenters. The lowest BCUT2D eigenvalue weighted by Gasteiger charge is -2.08. The molecule has 0 fully saturated rings. The molecule has 2 N–H and O–H groups in total. The van der Waals surface area contributed by atoms with Gasteiger partial charge in [0.2, 0.25) is 0 Å². The molecule has 0 unspecified atom stereocenters. The summed E-state index contributed by atoms with van der Waals surface area (Å²) in [5.41, 5.74) is 8.97. The quantitative estimate of drug-likeness (QED) is 0.746. The number of para-hydroxylation sites is 2. The summed E-state index contributed by atoms with van der Waals surface area (Å²) in [6.07, 6.45) is 3.57. The second kappa shape index (κ2) is 4.23. The van der Waals surface area contributed by atoms with Crippen LogP contribution in [0.4, 0.5) is 0 Å². The van der Waals surface area contributed by atoms with Gasteiger partial charge in [0, 0.05) is 12.2 Å². The molecule has 4 nitrogen and oxygen atoms in total. The summed E-state index contributed by atoms with van der Waals surface area (Å²) in [5.74, 6) is 0.846. The van der Waals surface area contributed by atoms with Crippen LogP contribution in [0.25, 0.3) is 16.9 Å². The fourth-order valence-corrected chi connectivity index (χ4v) is 1.99. The van der Waals surface area contributed by atoms with E-state index in [0.717, 1.165) is 22.4 Å². The molecule has 1 aromatic carbocycles. The van der Waals surface area contributed by atoms with Gasteiger partial charge in [-0.25, -0.2) is 9.97 Å². The van der Waals surface area contributed by atoms with E-state index in [-0.39, 0.29) is 6.04 Å². The molecule has 0 radical (unpaired) electrons. The van der Waals surface area contributed by atoms with Gasteiger partial charge in [-0.15, -0.1) is 0 Å². The molecule has 0 saturated carbocycles. The van der Waals surface area contributed by atoms with E-state index < -0.39 is 0 Å². The first-order valence-electron chi connectivity index (χ1n) is 5.90. The molecule has 0 aliphatic rings. The van der Waals surface area contributed by atoms with Crippen LogP contribution in [-0.4, -0.2) is 14.5 Å². The highest BCUT2D eigenvalue weighted by Gasteiger charge is 2.06. The predicted molar refractivity (Wildman–Crippen MR) is 71.5 cm³/mol. The van der Waals surface area contributed by atoms with E-state index in [9.17, 15) is 0 Å². The normalized spacial score (nSPS) is 12.8. The Morgan fingerprint density at radius 1 is 1.17 bits per heavy atom. The van der Waals surface area contributed by atoms with Crippen LogP contribution in [0.5, 0.6) is 0 Å². The number of aromatic nitrogens is 3. The van der Waals surface area contributed by atoms with Gasteiger partial charge < -0.3 is 5.73 Å². The summed E-state index contributed by atoms with van der Waals surface area (Å²) in [5, 5.41) is 0. The number of hydrogen-bond acceptors (Lipinski definition) is 3. The average Bonchev–Trinajstić information content (AvgIpc) is 2.82. The summed E-state index contributed by atoms with van der Waals surface area (Å²) in [6.45, 7) is 1.96. The number of nitrogens with two attached hydrogens (primary N) is 1. The summed E-state index contributed by atoms with van der Waals surface area (Å²) in [7, 11) is 0. The summed E-state index contributed by atoms with van der Waals surface area (Å²) >= 11 is 0. The third-order valence-corrected chi connectivity index (χ3v) is 3.00. The third kappa shape index (κ3) is 1.76. The molecule has 3 rings (SSSR count). The van der Waals surface area contributed by atoms with Crippen molar-refractivity contribution in [2.24, 2.45) is 5.73 Å². The van der Waals surface area contributed by atoms with Crippen molar-refractivity contribution in [1.29, 1.82) is 0 Å². The molecular formula is C14H14N4. The van der Waals surface area contributed by atoms with Crippen molar-refractivity contribution in [2.45, 2.75) is 13.0 Å². The minimum atomic E-state index is 0.00142. The van der Waals surface area contributed by atoms with Gasteiger partial charge in [0.05, 0.1) is 11.0 Å². The summed E-state index contributed by atoms with van der Waals surface area (Å²) < 4.78 is 1.97. The van der Waals surface area contributed by atoms with E-state index in [4.69, 9.17) is 5.73 Å². The molecule has 0 bridgehead atoms. The minimum Gasteiger partial charge on any atom is -0.324 e. The van der Waals surface area contributed by atoms with Gasteiger partial charge in [0.15, 0.2) is 0 Å². The molecule has 2 aromatic heterocycles. The van der Waals surface area contributed by atoms with Crippen molar-refractivity contribution in [3.05, 3.63) is 54.5 Å². The molecule has 4 heteroatoms. The number of rotatable bonds is 2. The van der Waals surface area contributed by atoms with Gasteiger partial charge >= 0.3 is 0 Å². The van der Waals surface area contributed by atoms with Gasteiger partial charge in [-0.3, -0.25) is 4.57 Å². The zero-order valence-electron chi connectivity index (χ0n) is 10.1. The molecule has 0 amide bonds. The smallest absolute Gasteiger partial charge is 0.138 e. The zero-order valence-corrected chi connectivity index (χ0v) is 10.1. The maximum absolute atomic E-state index is 5.90. The van der Waals surface area contributed by atoms with Gasteiger partial charge in [-0.2, -0.15) is 0 Å². The van der Waals surface area contributed by atoms with Gasteiger partial charge in [0.1, 0.15) is 12.1 Å². The Kier molecular flexibility index (Phi) is 2.57. The van der Waals surface area contributed by atoms with Crippen molar-refractivity contribution >= 4 is 11.0 Å². The van der Waals surface area contributed by atoms with Gasteiger partial charge in [-0.1, -0.05) is 12.1 Å². The monoisotopic (exact) mass is 238 g/mol. The number of benzene rings is 1. The highest BCUT2D eigenvalue weighted by Crippen LogP contribution is 2.18. The van der Waals surface area contributed by atoms with Crippen molar-refractivity contribution in [2.75, 3.05) is 0 Å². The number of hydrogen-bond donors (Lipinski definition) is 1. The molecule has 18 heavy (non-hydrogen) atoms. The minimum absolute atomic E-state index is 0.00142. The fraction of sp³-hybridized carbons (Fsp3) is 0.143. The fourth-order valence-electron chi connectivity index (χ4n) is 1.99. The maximum Gasteiger partial charge on any atom is 0.138 e. The van der Waals surface area contributed by atoms with Crippen LogP contribution in [0.15, 0.2) is 48.9 Å². The van der Waals surface area contributed by atoms with Gasteiger partial charge in [-0.05, 0) is 36.8 Å². The standard InChI is InChI=1S/C14H14N4/c1-10(15)11-6-7-16-14(8-11)18-9-17-12-4-2-3-5-13(12)18/h2-10H,15H2,1H3/t10-/m1/s1. The second-order valence-corrected chi connectivity index (χ2v) is 4.34. The third-order valence-electron chi connectivity index (χ3n) is 3.00. The van der Waals surface area contributed by atoms with E-state index in [0.29, 0.717) is 0 Å². The average molecular weight is 238 g/mol. The Balaban J connectivity index is 2.17. The lowest BCUT2D eigenvalue weighted by atomic mass is 10.1. The molecule has 0 aliphatic heterocycles.